The van der Waals surface area contributed by atoms with Gasteiger partial charge in [0.15, 0.2) is 12.4 Å². The first-order chi connectivity index (χ1) is 9.19. The van der Waals surface area contributed by atoms with Crippen LogP contribution < -0.4 is 15.4 Å². The molecule has 98 valence electrons. The van der Waals surface area contributed by atoms with Gasteiger partial charge >= 0.3 is 0 Å². The molecule has 1 aromatic heterocycles. The first kappa shape index (κ1) is 11.7. The number of carbonyl (C=O) groups excluding carboxylic acids is 1. The molecule has 0 atom stereocenters. The van der Waals surface area contributed by atoms with Crippen LogP contribution in [0.15, 0.2) is 28.8 Å². The van der Waals surface area contributed by atoms with E-state index in [4.69, 9.17) is 15.0 Å². The summed E-state index contributed by atoms with van der Waals surface area (Å²) in [5, 5.41) is 3.95. The minimum absolute atomic E-state index is 0.0735. The summed E-state index contributed by atoms with van der Waals surface area (Å²) >= 11 is 0. The molecular formula is C13H13N3O3. The molecule has 0 aliphatic carbocycles. The molecule has 1 aliphatic rings. The number of fused-ring (bicyclic) bond motifs is 1. The molecule has 6 nitrogen and oxygen atoms in total. The summed E-state index contributed by atoms with van der Waals surface area (Å²) in [4.78, 5) is 13.2. The van der Waals surface area contributed by atoms with Gasteiger partial charge < -0.3 is 19.9 Å². The van der Waals surface area contributed by atoms with Gasteiger partial charge in [0.05, 0.1) is 12.2 Å². The van der Waals surface area contributed by atoms with E-state index in [1.54, 1.807) is 18.0 Å². The highest BCUT2D eigenvalue weighted by molar-refractivity contribution is 5.98. The lowest BCUT2D eigenvalue weighted by atomic mass is 10.1. The molecule has 3 rings (SSSR count). The van der Waals surface area contributed by atoms with Crippen LogP contribution in [0, 0.1) is 0 Å². The van der Waals surface area contributed by atoms with Crippen molar-refractivity contribution in [2.45, 2.75) is 6.54 Å². The Hall–Kier alpha value is -2.34. The van der Waals surface area contributed by atoms with E-state index in [9.17, 15) is 4.79 Å². The first-order valence-electron chi connectivity index (χ1n) is 5.88. The third-order valence-electron chi connectivity index (χ3n) is 3.10. The number of amides is 1. The van der Waals surface area contributed by atoms with Crippen LogP contribution in [0.4, 0.5) is 5.69 Å². The second-order valence-corrected chi connectivity index (χ2v) is 4.31. The number of hydrogen-bond acceptors (Lipinski definition) is 5. The Morgan fingerprint density at radius 3 is 3.00 bits per heavy atom. The topological polar surface area (TPSA) is 81.6 Å². The average molecular weight is 259 g/mol. The Morgan fingerprint density at radius 1 is 1.42 bits per heavy atom. The fraction of sp³-hybridized carbons (Fsp3) is 0.231. The molecule has 0 fully saturated rings. The Kier molecular flexibility index (Phi) is 2.72. The number of likely N-dealkylation sites (N-methyl/N-ethyl adjacent to an activating group) is 1. The van der Waals surface area contributed by atoms with E-state index < -0.39 is 0 Å². The van der Waals surface area contributed by atoms with Gasteiger partial charge in [-0.05, 0) is 18.2 Å². The zero-order valence-corrected chi connectivity index (χ0v) is 10.4. The van der Waals surface area contributed by atoms with Crippen molar-refractivity contribution in [3.05, 3.63) is 30.0 Å². The van der Waals surface area contributed by atoms with Crippen LogP contribution in [0.5, 0.6) is 5.75 Å². The number of benzene rings is 1. The van der Waals surface area contributed by atoms with E-state index in [1.807, 2.05) is 18.2 Å². The van der Waals surface area contributed by atoms with E-state index >= 15 is 0 Å². The van der Waals surface area contributed by atoms with Crippen molar-refractivity contribution in [2.75, 3.05) is 18.6 Å². The largest absolute Gasteiger partial charge is 0.482 e. The molecule has 0 unspecified atom stereocenters. The zero-order valence-electron chi connectivity index (χ0n) is 10.4. The highest BCUT2D eigenvalue weighted by Gasteiger charge is 2.22. The first-order valence-corrected chi connectivity index (χ1v) is 5.88. The summed E-state index contributed by atoms with van der Waals surface area (Å²) in [6.07, 6.45) is 0. The monoisotopic (exact) mass is 259 g/mol. The van der Waals surface area contributed by atoms with Gasteiger partial charge in [-0.2, -0.15) is 0 Å². The van der Waals surface area contributed by atoms with Crippen molar-refractivity contribution in [1.82, 2.24) is 5.16 Å². The minimum atomic E-state index is -0.0764. The maximum Gasteiger partial charge on any atom is 0.264 e. The number of anilines is 1. The van der Waals surface area contributed by atoms with Crippen LogP contribution in [-0.2, 0) is 11.3 Å². The second-order valence-electron chi connectivity index (χ2n) is 4.31. The Bertz CT molecular complexity index is 636. The molecule has 2 N–H and O–H groups in total. The number of hydrogen-bond donors (Lipinski definition) is 1. The summed E-state index contributed by atoms with van der Waals surface area (Å²) in [7, 11) is 1.72. The zero-order chi connectivity index (χ0) is 13.4. The van der Waals surface area contributed by atoms with Gasteiger partial charge in [-0.25, -0.2) is 0 Å². The van der Waals surface area contributed by atoms with Crippen LogP contribution >= 0.6 is 0 Å². The summed E-state index contributed by atoms with van der Waals surface area (Å²) < 4.78 is 10.4. The number of rotatable bonds is 2. The van der Waals surface area contributed by atoms with Gasteiger partial charge in [-0.3, -0.25) is 4.79 Å². The molecule has 0 saturated heterocycles. The second kappa shape index (κ2) is 4.40. The lowest BCUT2D eigenvalue weighted by molar-refractivity contribution is -0.120. The number of nitrogens with zero attached hydrogens (tertiary/aromatic N) is 2. The van der Waals surface area contributed by atoms with Crippen molar-refractivity contribution in [3.63, 3.8) is 0 Å². The summed E-state index contributed by atoms with van der Waals surface area (Å²) in [6.45, 7) is 0.379. The van der Waals surface area contributed by atoms with Crippen LogP contribution in [0.2, 0.25) is 0 Å². The van der Waals surface area contributed by atoms with E-state index in [1.165, 1.54) is 0 Å². The van der Waals surface area contributed by atoms with E-state index in [0.29, 0.717) is 23.7 Å². The molecule has 0 radical (unpaired) electrons. The lowest BCUT2D eigenvalue weighted by Gasteiger charge is -2.26. The van der Waals surface area contributed by atoms with Gasteiger partial charge in [0.1, 0.15) is 11.4 Å². The highest BCUT2D eigenvalue weighted by atomic mass is 16.5. The number of nitrogens with two attached hydrogens (primary N) is 1. The third-order valence-corrected chi connectivity index (χ3v) is 3.10. The number of carbonyl (C=O) groups is 1. The molecule has 19 heavy (non-hydrogen) atoms. The summed E-state index contributed by atoms with van der Waals surface area (Å²) in [6, 6.07) is 7.34. The fourth-order valence-electron chi connectivity index (χ4n) is 1.98. The molecule has 2 aromatic rings. The van der Waals surface area contributed by atoms with Gasteiger partial charge in [-0.1, -0.05) is 5.16 Å². The van der Waals surface area contributed by atoms with Gasteiger partial charge in [0.25, 0.3) is 5.91 Å². The molecule has 6 heteroatoms. The molecule has 1 aromatic carbocycles. The average Bonchev–Trinajstić information content (AvgIpc) is 2.92. The third kappa shape index (κ3) is 1.96. The summed E-state index contributed by atoms with van der Waals surface area (Å²) in [5.41, 5.74) is 7.76. The lowest BCUT2D eigenvalue weighted by Crippen LogP contribution is -2.35. The Labute approximate surface area is 109 Å². The molecule has 0 spiro atoms. The SMILES string of the molecule is CN1C(=O)COc2ccc(-c3cc(CN)on3)cc21. The Morgan fingerprint density at radius 2 is 2.26 bits per heavy atom. The molecule has 1 aliphatic heterocycles. The van der Waals surface area contributed by atoms with Crippen molar-refractivity contribution < 1.29 is 14.1 Å². The smallest absolute Gasteiger partial charge is 0.264 e. The van der Waals surface area contributed by atoms with Crippen LogP contribution in [0.25, 0.3) is 11.3 Å². The molecule has 0 saturated carbocycles. The Balaban J connectivity index is 2.03. The molecule has 2 heterocycles. The standard InChI is InChI=1S/C13H13N3O3/c1-16-11-4-8(10-5-9(6-14)19-15-10)2-3-12(11)18-7-13(16)17/h2-5H,6-7,14H2,1H3. The predicted octanol–water partition coefficient (Wildman–Crippen LogP) is 1.16. The van der Waals surface area contributed by atoms with Crippen molar-refractivity contribution in [3.8, 4) is 17.0 Å². The van der Waals surface area contributed by atoms with E-state index in [0.717, 1.165) is 11.3 Å². The minimum Gasteiger partial charge on any atom is -0.482 e. The van der Waals surface area contributed by atoms with Crippen LogP contribution in [0.3, 0.4) is 0 Å². The maximum absolute atomic E-state index is 11.6. The number of aromatic nitrogens is 1. The van der Waals surface area contributed by atoms with Gasteiger partial charge in [-0.15, -0.1) is 0 Å². The molecule has 1 amide bonds. The fourth-order valence-corrected chi connectivity index (χ4v) is 1.98. The van der Waals surface area contributed by atoms with Gasteiger partial charge in [0.2, 0.25) is 0 Å². The number of ether oxygens (including phenoxy) is 1. The maximum atomic E-state index is 11.6. The van der Waals surface area contributed by atoms with Gasteiger partial charge in [0, 0.05) is 18.7 Å². The molecular weight excluding hydrogens is 246 g/mol. The van der Waals surface area contributed by atoms with E-state index in [-0.39, 0.29) is 12.5 Å². The van der Waals surface area contributed by atoms with Crippen molar-refractivity contribution >= 4 is 11.6 Å². The summed E-state index contributed by atoms with van der Waals surface area (Å²) in [5.74, 6) is 1.23. The van der Waals surface area contributed by atoms with E-state index in [2.05, 4.69) is 5.16 Å². The molecule has 0 bridgehead atoms. The quantitative estimate of drug-likeness (QED) is 0.875. The van der Waals surface area contributed by atoms with Crippen LogP contribution in [-0.4, -0.2) is 24.7 Å². The van der Waals surface area contributed by atoms with Crippen LogP contribution in [0.1, 0.15) is 5.76 Å². The van der Waals surface area contributed by atoms with Crippen molar-refractivity contribution in [1.29, 1.82) is 0 Å². The normalized spacial score (nSPS) is 14.2. The van der Waals surface area contributed by atoms with Crippen molar-refractivity contribution in [2.24, 2.45) is 5.73 Å². The predicted molar refractivity (Wildman–Crippen MR) is 68.7 cm³/mol. The highest BCUT2D eigenvalue weighted by Crippen LogP contribution is 2.35.